The lowest BCUT2D eigenvalue weighted by Crippen LogP contribution is -2.29. The third-order valence-corrected chi connectivity index (χ3v) is 8.45. The summed E-state index contributed by atoms with van der Waals surface area (Å²) in [6.07, 6.45) is 1.63. The summed E-state index contributed by atoms with van der Waals surface area (Å²) in [5, 5.41) is 9.57. The number of aliphatic hydroxyl groups excluding tert-OH is 1. The summed E-state index contributed by atoms with van der Waals surface area (Å²) in [5.74, 6) is -1.60. The number of nitrogens with zero attached hydrogens (tertiary/aromatic N) is 3. The molecule has 234 valence electrons. The van der Waals surface area contributed by atoms with Crippen molar-refractivity contribution in [2.45, 2.75) is 12.7 Å². The molecule has 13 heteroatoms. The third kappa shape index (κ3) is 6.49. The maximum Gasteiger partial charge on any atom is 0.416 e. The van der Waals surface area contributed by atoms with Gasteiger partial charge in [-0.05, 0) is 64.7 Å². The first-order valence-corrected chi connectivity index (χ1v) is 15.1. The summed E-state index contributed by atoms with van der Waals surface area (Å²) in [5.41, 5.74) is 2.38. The van der Waals surface area contributed by atoms with Gasteiger partial charge in [-0.2, -0.15) is 21.6 Å². The van der Waals surface area contributed by atoms with Crippen molar-refractivity contribution in [2.75, 3.05) is 4.31 Å². The molecule has 0 radical (unpaired) electrons. The van der Waals surface area contributed by atoms with Gasteiger partial charge in [0, 0.05) is 24.4 Å². The van der Waals surface area contributed by atoms with Gasteiger partial charge in [0.25, 0.3) is 0 Å². The Bertz CT molecular complexity index is 2090. The first-order chi connectivity index (χ1) is 21.9. The zero-order valence-electron chi connectivity index (χ0n) is 23.6. The highest BCUT2D eigenvalue weighted by Crippen LogP contribution is 2.32. The second kappa shape index (κ2) is 11.8. The van der Waals surface area contributed by atoms with Crippen molar-refractivity contribution in [3.63, 3.8) is 0 Å². The van der Waals surface area contributed by atoms with E-state index in [4.69, 9.17) is 0 Å². The van der Waals surface area contributed by atoms with Crippen molar-refractivity contribution in [3.05, 3.63) is 143 Å². The summed E-state index contributed by atoms with van der Waals surface area (Å²) in [7, 11) is -3.95. The van der Waals surface area contributed by atoms with Gasteiger partial charge >= 0.3 is 16.4 Å². The summed E-state index contributed by atoms with van der Waals surface area (Å²) in [4.78, 5) is 4.56. The van der Waals surface area contributed by atoms with Crippen LogP contribution in [0, 0.1) is 11.6 Å². The molecule has 0 atom stereocenters. The lowest BCUT2D eigenvalue weighted by atomic mass is 10.0. The molecule has 4 aromatic carbocycles. The Kier molecular flexibility index (Phi) is 7.86. The predicted molar refractivity (Wildman–Crippen MR) is 164 cm³/mol. The Morgan fingerprint density at radius 3 is 2.26 bits per heavy atom. The van der Waals surface area contributed by atoms with Crippen molar-refractivity contribution >= 4 is 28.0 Å². The van der Waals surface area contributed by atoms with E-state index in [1.165, 1.54) is 12.1 Å². The summed E-state index contributed by atoms with van der Waals surface area (Å²) in [6, 6.07) is 21.6. The molecule has 0 unspecified atom stereocenters. The second-order valence-corrected chi connectivity index (χ2v) is 11.9. The number of benzene rings is 4. The maximum atomic E-state index is 14.7. The average Bonchev–Trinajstić information content (AvgIpc) is 3.54. The van der Waals surface area contributed by atoms with Gasteiger partial charge in [-0.3, -0.25) is 0 Å². The monoisotopic (exact) mass is 650 g/mol. The minimum absolute atomic E-state index is 0.0916. The smallest absolute Gasteiger partial charge is 0.416 e. The maximum absolute atomic E-state index is 14.7. The fourth-order valence-corrected chi connectivity index (χ4v) is 5.95. The number of nitrogens with one attached hydrogen (secondary N) is 1. The number of hydrogen-bond donors (Lipinski definition) is 2. The zero-order chi connectivity index (χ0) is 32.6. The van der Waals surface area contributed by atoms with Crippen LogP contribution < -0.4 is 9.03 Å². The Morgan fingerprint density at radius 2 is 1.61 bits per heavy atom. The molecular weight excluding hydrogens is 627 g/mol. The molecule has 6 rings (SSSR count). The van der Waals surface area contributed by atoms with Gasteiger partial charge in [0.05, 0.1) is 23.1 Å². The van der Waals surface area contributed by atoms with Crippen LogP contribution in [0.25, 0.3) is 34.5 Å². The van der Waals surface area contributed by atoms with Gasteiger partial charge in [0.15, 0.2) is 0 Å². The number of imidazole rings is 1. The molecule has 7 nitrogen and oxygen atoms in total. The molecule has 0 bridgehead atoms. The second-order valence-electron chi connectivity index (χ2n) is 10.4. The van der Waals surface area contributed by atoms with Crippen molar-refractivity contribution in [2.24, 2.45) is 0 Å². The molecule has 2 heterocycles. The fraction of sp³-hybridized carbons (Fsp3) is 0.0606. The van der Waals surface area contributed by atoms with Gasteiger partial charge in [-0.1, -0.05) is 54.6 Å². The number of halogens is 5. The molecule has 0 spiro atoms. The van der Waals surface area contributed by atoms with Crippen LogP contribution in [0.1, 0.15) is 22.5 Å². The Balaban J connectivity index is 1.28. The third-order valence-electron chi connectivity index (χ3n) is 7.15. The molecule has 5 aromatic rings. The van der Waals surface area contributed by atoms with E-state index in [1.54, 1.807) is 77.5 Å². The Morgan fingerprint density at radius 1 is 0.870 bits per heavy atom. The highest BCUT2D eigenvalue weighted by atomic mass is 32.2. The molecule has 0 saturated heterocycles. The lowest BCUT2D eigenvalue weighted by Gasteiger charge is -2.14. The molecular formula is C33H23F5N4O3S. The highest BCUT2D eigenvalue weighted by Gasteiger charge is 2.30. The molecule has 1 aromatic heterocycles. The van der Waals surface area contributed by atoms with Crippen molar-refractivity contribution in [1.29, 1.82) is 0 Å². The first kappa shape index (κ1) is 30.6. The lowest BCUT2D eigenvalue weighted by molar-refractivity contribution is -0.137. The number of hydrogen-bond acceptors (Lipinski definition) is 4. The Labute approximate surface area is 260 Å². The topological polar surface area (TPSA) is 87.5 Å². The quantitative estimate of drug-likeness (QED) is 0.177. The molecule has 2 N–H and O–H groups in total. The molecule has 1 aliphatic heterocycles. The summed E-state index contributed by atoms with van der Waals surface area (Å²) >= 11 is 0. The standard InChI is InChI=1S/C33H23F5N4O3S/c34-26-11-14-28(29(35)17-26)30-19-41(18-22-6-12-27(13-7-22)42-20-32(43)40-46(42,44)45)31(39-30)15-8-21-4-9-23(10-5-21)24-2-1-3-25(16-24)33(36,37)38/h1-17,19-20,40,43H,18H2. The number of aromatic nitrogens is 2. The van der Waals surface area contributed by atoms with E-state index in [1.807, 2.05) is 4.72 Å². The number of alkyl halides is 3. The van der Waals surface area contributed by atoms with Crippen LogP contribution >= 0.6 is 0 Å². The fourth-order valence-electron chi connectivity index (χ4n) is 4.90. The van der Waals surface area contributed by atoms with Gasteiger partial charge in [0.1, 0.15) is 17.5 Å². The molecule has 0 amide bonds. The molecule has 0 fully saturated rings. The molecule has 46 heavy (non-hydrogen) atoms. The van der Waals surface area contributed by atoms with E-state index in [9.17, 15) is 35.5 Å². The zero-order valence-corrected chi connectivity index (χ0v) is 24.4. The Hall–Kier alpha value is -5.43. The van der Waals surface area contributed by atoms with Crippen molar-refractivity contribution < 1.29 is 35.5 Å². The van der Waals surface area contributed by atoms with Crippen LogP contribution in [-0.2, 0) is 22.9 Å². The van der Waals surface area contributed by atoms with E-state index in [-0.39, 0.29) is 23.5 Å². The van der Waals surface area contributed by atoms with Crippen LogP contribution in [0.5, 0.6) is 0 Å². The predicted octanol–water partition coefficient (Wildman–Crippen LogP) is 7.74. The minimum Gasteiger partial charge on any atom is -0.493 e. The normalized spacial score (nSPS) is 14.5. The average molecular weight is 651 g/mol. The molecule has 0 aliphatic carbocycles. The van der Waals surface area contributed by atoms with E-state index >= 15 is 0 Å². The summed E-state index contributed by atoms with van der Waals surface area (Å²) < 4.78 is 96.7. The number of aliphatic hydroxyl groups is 1. The van der Waals surface area contributed by atoms with Gasteiger partial charge < -0.3 is 9.67 Å². The van der Waals surface area contributed by atoms with Gasteiger partial charge in [0.2, 0.25) is 5.88 Å². The van der Waals surface area contributed by atoms with E-state index in [0.717, 1.165) is 45.9 Å². The van der Waals surface area contributed by atoms with Crippen molar-refractivity contribution in [3.8, 4) is 22.4 Å². The van der Waals surface area contributed by atoms with Crippen molar-refractivity contribution in [1.82, 2.24) is 14.3 Å². The van der Waals surface area contributed by atoms with Crippen LogP contribution in [0.15, 0.2) is 109 Å². The van der Waals surface area contributed by atoms with Gasteiger partial charge in [-0.15, -0.1) is 0 Å². The number of rotatable bonds is 7. The highest BCUT2D eigenvalue weighted by molar-refractivity contribution is 7.91. The van der Waals surface area contributed by atoms with E-state index < -0.39 is 39.5 Å². The number of anilines is 1. The largest absolute Gasteiger partial charge is 0.493 e. The molecule has 0 saturated carbocycles. The van der Waals surface area contributed by atoms with Gasteiger partial charge in [-0.25, -0.2) is 22.8 Å². The minimum atomic E-state index is -4.45. The summed E-state index contributed by atoms with van der Waals surface area (Å²) in [6.45, 7) is 0.246. The van der Waals surface area contributed by atoms with Crippen LogP contribution in [0.2, 0.25) is 0 Å². The van der Waals surface area contributed by atoms with E-state index in [2.05, 4.69) is 4.98 Å². The van der Waals surface area contributed by atoms with Crippen LogP contribution in [-0.4, -0.2) is 23.1 Å². The SMILES string of the molecule is O=S1(=O)NC(O)=CN1c1ccc(Cn2cc(-c3ccc(F)cc3F)nc2C=Cc2ccc(-c3cccc(C(F)(F)F)c3)cc2)cc1. The first-order valence-electron chi connectivity index (χ1n) is 13.7. The van der Waals surface area contributed by atoms with Crippen LogP contribution in [0.4, 0.5) is 27.6 Å². The molecule has 1 aliphatic rings. The van der Waals surface area contributed by atoms with E-state index in [0.29, 0.717) is 17.0 Å². The van der Waals surface area contributed by atoms with Crippen LogP contribution in [0.3, 0.4) is 0 Å².